The van der Waals surface area contributed by atoms with Crippen LogP contribution in [0.25, 0.3) is 0 Å². The number of nitrogens with one attached hydrogen (secondary N) is 1. The highest BCUT2D eigenvalue weighted by atomic mass is 16.5. The number of aromatic hydroxyl groups is 1. The predicted molar refractivity (Wildman–Crippen MR) is 125 cm³/mol. The van der Waals surface area contributed by atoms with Crippen LogP contribution in [0.15, 0.2) is 70.7 Å². The second-order valence-corrected chi connectivity index (χ2v) is 8.43. The van der Waals surface area contributed by atoms with Crippen molar-refractivity contribution in [1.82, 2.24) is 9.99 Å². The molecule has 0 saturated carbocycles. The number of carbonyl (C=O) groups excluding carboxylic acids is 1. The summed E-state index contributed by atoms with van der Waals surface area (Å²) in [5.41, 5.74) is 4.75. The summed E-state index contributed by atoms with van der Waals surface area (Å²) in [4.78, 5) is 25.3. The molecular formula is C25H27N3O4. The van der Waals surface area contributed by atoms with Crippen LogP contribution < -0.4 is 15.7 Å². The second-order valence-electron chi connectivity index (χ2n) is 8.43. The van der Waals surface area contributed by atoms with Gasteiger partial charge in [-0.2, -0.15) is 5.10 Å². The van der Waals surface area contributed by atoms with Gasteiger partial charge in [0, 0.05) is 6.20 Å². The molecule has 0 saturated heterocycles. The number of phenols is 1. The molecule has 0 bridgehead atoms. The van der Waals surface area contributed by atoms with Crippen LogP contribution in [0, 0.1) is 0 Å². The molecule has 1 amide bonds. The van der Waals surface area contributed by atoms with Gasteiger partial charge in [-0.1, -0.05) is 45.0 Å². The lowest BCUT2D eigenvalue weighted by Crippen LogP contribution is -2.30. The highest BCUT2D eigenvalue weighted by molar-refractivity contribution is 5.94. The fourth-order valence-electron chi connectivity index (χ4n) is 3.15. The molecule has 3 rings (SSSR count). The van der Waals surface area contributed by atoms with E-state index in [1.165, 1.54) is 35.6 Å². The first-order chi connectivity index (χ1) is 15.2. The maximum Gasteiger partial charge on any atom is 0.276 e. The van der Waals surface area contributed by atoms with Crippen LogP contribution in [0.4, 0.5) is 0 Å². The number of phenolic OH excluding ortho intramolecular Hbond substituents is 1. The number of hydrogen-bond acceptors (Lipinski definition) is 5. The molecule has 2 aromatic carbocycles. The summed E-state index contributed by atoms with van der Waals surface area (Å²) < 4.78 is 6.48. The smallest absolute Gasteiger partial charge is 0.276 e. The number of aromatic nitrogens is 1. The lowest BCUT2D eigenvalue weighted by Gasteiger charge is -2.19. The summed E-state index contributed by atoms with van der Waals surface area (Å²) in [5.74, 6) is -0.310. The third-order valence-corrected chi connectivity index (χ3v) is 5.02. The van der Waals surface area contributed by atoms with Gasteiger partial charge in [0.2, 0.25) is 0 Å². The monoisotopic (exact) mass is 433 g/mol. The molecule has 0 fully saturated rings. The van der Waals surface area contributed by atoms with Crippen LogP contribution in [0.2, 0.25) is 0 Å². The topological polar surface area (TPSA) is 92.9 Å². The van der Waals surface area contributed by atoms with E-state index in [1.54, 1.807) is 24.4 Å². The number of amides is 1. The molecule has 2 N–H and O–H groups in total. The Labute approximate surface area is 187 Å². The Bertz CT molecular complexity index is 1190. The first kappa shape index (κ1) is 22.8. The third-order valence-electron chi connectivity index (χ3n) is 5.02. The largest absolute Gasteiger partial charge is 0.504 e. The molecule has 7 heteroatoms. The van der Waals surface area contributed by atoms with Crippen LogP contribution in [0.5, 0.6) is 11.5 Å². The Morgan fingerprint density at radius 3 is 2.50 bits per heavy atom. The molecule has 7 nitrogen and oxygen atoms in total. The van der Waals surface area contributed by atoms with E-state index in [1.807, 2.05) is 12.1 Å². The van der Waals surface area contributed by atoms with Crippen molar-refractivity contribution in [3.8, 4) is 11.5 Å². The summed E-state index contributed by atoms with van der Waals surface area (Å²) in [7, 11) is 1.45. The molecule has 0 aliphatic rings. The first-order valence-corrected chi connectivity index (χ1v) is 10.2. The zero-order chi connectivity index (χ0) is 23.3. The maximum absolute atomic E-state index is 12.8. The summed E-state index contributed by atoms with van der Waals surface area (Å²) in [6, 6.07) is 15.9. The average molecular weight is 434 g/mol. The van der Waals surface area contributed by atoms with Crippen molar-refractivity contribution in [3.05, 3.63) is 93.4 Å². The Hall–Kier alpha value is -3.87. The van der Waals surface area contributed by atoms with Crippen molar-refractivity contribution < 1.29 is 14.6 Å². The van der Waals surface area contributed by atoms with E-state index in [2.05, 4.69) is 43.4 Å². The quantitative estimate of drug-likeness (QED) is 0.458. The van der Waals surface area contributed by atoms with Crippen molar-refractivity contribution in [2.75, 3.05) is 7.11 Å². The highest BCUT2D eigenvalue weighted by Gasteiger charge is 2.14. The summed E-state index contributed by atoms with van der Waals surface area (Å²) in [6.07, 6.45) is 3.02. The van der Waals surface area contributed by atoms with Crippen molar-refractivity contribution in [2.24, 2.45) is 5.10 Å². The minimum atomic E-state index is -0.610. The van der Waals surface area contributed by atoms with Crippen LogP contribution in [-0.2, 0) is 12.0 Å². The van der Waals surface area contributed by atoms with E-state index in [9.17, 15) is 14.7 Å². The molecule has 0 aliphatic heterocycles. The lowest BCUT2D eigenvalue weighted by molar-refractivity contribution is 0.0953. The SMILES string of the molecule is COc1ccc(/C=N\NC(=O)c2cccn(Cc3ccc(C(C)(C)C)cc3)c2=O)cc1O. The molecule has 1 aromatic heterocycles. The Balaban J connectivity index is 1.71. The molecule has 1 heterocycles. The van der Waals surface area contributed by atoms with Crippen LogP contribution in [0.3, 0.4) is 0 Å². The molecule has 0 spiro atoms. The average Bonchev–Trinajstić information content (AvgIpc) is 2.75. The fraction of sp³-hybridized carbons (Fsp3) is 0.240. The van der Waals surface area contributed by atoms with Gasteiger partial charge in [-0.25, -0.2) is 5.43 Å². The van der Waals surface area contributed by atoms with Gasteiger partial charge < -0.3 is 14.4 Å². The van der Waals surface area contributed by atoms with Gasteiger partial charge in [0.1, 0.15) is 5.56 Å². The Morgan fingerprint density at radius 1 is 1.16 bits per heavy atom. The van der Waals surface area contributed by atoms with Crippen LogP contribution >= 0.6 is 0 Å². The van der Waals surface area contributed by atoms with Gasteiger partial charge in [0.15, 0.2) is 11.5 Å². The summed E-state index contributed by atoms with van der Waals surface area (Å²) in [5, 5.41) is 13.7. The van der Waals surface area contributed by atoms with E-state index in [0.29, 0.717) is 17.9 Å². The van der Waals surface area contributed by atoms with Gasteiger partial charge in [0.05, 0.1) is 19.9 Å². The van der Waals surface area contributed by atoms with Crippen LogP contribution in [0.1, 0.15) is 47.8 Å². The summed E-state index contributed by atoms with van der Waals surface area (Å²) >= 11 is 0. The number of pyridine rings is 1. The molecule has 0 atom stereocenters. The second kappa shape index (κ2) is 9.51. The minimum absolute atomic E-state index is 0.00598. The Morgan fingerprint density at radius 2 is 1.88 bits per heavy atom. The number of hydrogen-bond donors (Lipinski definition) is 2. The predicted octanol–water partition coefficient (Wildman–Crippen LogP) is 3.67. The number of carbonyl (C=O) groups is 1. The standard InChI is InChI=1S/C25H27N3O4/c1-25(2,3)19-10-7-17(8-11-19)16-28-13-5-6-20(24(28)31)23(30)27-26-15-18-9-12-22(32-4)21(29)14-18/h5-15,29H,16H2,1-4H3,(H,27,30)/b26-15-. The van der Waals surface area contributed by atoms with Crippen molar-refractivity contribution in [1.29, 1.82) is 0 Å². The van der Waals surface area contributed by atoms with E-state index in [4.69, 9.17) is 4.74 Å². The molecule has 166 valence electrons. The molecule has 0 unspecified atom stereocenters. The van der Waals surface area contributed by atoms with Crippen LogP contribution in [-0.4, -0.2) is 28.9 Å². The third kappa shape index (κ3) is 5.43. The zero-order valence-corrected chi connectivity index (χ0v) is 18.6. The van der Waals surface area contributed by atoms with Gasteiger partial charge in [-0.05, 0) is 52.4 Å². The summed E-state index contributed by atoms with van der Waals surface area (Å²) in [6.45, 7) is 6.80. The minimum Gasteiger partial charge on any atom is -0.504 e. The number of methoxy groups -OCH3 is 1. The van der Waals surface area contributed by atoms with Crippen molar-refractivity contribution in [2.45, 2.75) is 32.7 Å². The number of hydrazone groups is 1. The van der Waals surface area contributed by atoms with Gasteiger partial charge in [-0.15, -0.1) is 0 Å². The lowest BCUT2D eigenvalue weighted by atomic mass is 9.87. The fourth-order valence-corrected chi connectivity index (χ4v) is 3.15. The molecule has 0 radical (unpaired) electrons. The maximum atomic E-state index is 12.8. The van der Waals surface area contributed by atoms with Gasteiger partial charge >= 0.3 is 0 Å². The number of rotatable bonds is 6. The number of benzene rings is 2. The number of ether oxygens (including phenoxy) is 1. The zero-order valence-electron chi connectivity index (χ0n) is 18.6. The van der Waals surface area contributed by atoms with Crippen molar-refractivity contribution in [3.63, 3.8) is 0 Å². The normalized spacial score (nSPS) is 11.5. The Kier molecular flexibility index (Phi) is 6.78. The van der Waals surface area contributed by atoms with Gasteiger partial charge in [0.25, 0.3) is 11.5 Å². The first-order valence-electron chi connectivity index (χ1n) is 10.2. The highest BCUT2D eigenvalue weighted by Crippen LogP contribution is 2.25. The number of nitrogens with zero attached hydrogens (tertiary/aromatic N) is 2. The van der Waals surface area contributed by atoms with Crippen molar-refractivity contribution >= 4 is 12.1 Å². The molecule has 32 heavy (non-hydrogen) atoms. The van der Waals surface area contributed by atoms with Gasteiger partial charge in [-0.3, -0.25) is 9.59 Å². The molecule has 0 aliphatic carbocycles. The van der Waals surface area contributed by atoms with E-state index in [0.717, 1.165) is 5.56 Å². The van der Waals surface area contributed by atoms with E-state index < -0.39 is 11.5 Å². The van der Waals surface area contributed by atoms with E-state index >= 15 is 0 Å². The molecule has 3 aromatic rings. The molecular weight excluding hydrogens is 406 g/mol. The van der Waals surface area contributed by atoms with E-state index in [-0.39, 0.29) is 16.7 Å².